The summed E-state index contributed by atoms with van der Waals surface area (Å²) in [6, 6.07) is 10.4. The quantitative estimate of drug-likeness (QED) is 0.295. The molecule has 0 amide bonds. The second kappa shape index (κ2) is 10.5. The van der Waals surface area contributed by atoms with E-state index in [1.165, 1.54) is 20.1 Å². The lowest BCUT2D eigenvalue weighted by molar-refractivity contribution is -0.137. The zero-order valence-electron chi connectivity index (χ0n) is 16.0. The van der Waals surface area contributed by atoms with Crippen molar-refractivity contribution in [2.45, 2.75) is 20.0 Å². The highest BCUT2D eigenvalue weighted by Gasteiger charge is 2.23. The molecule has 0 radical (unpaired) electrons. The van der Waals surface area contributed by atoms with E-state index in [2.05, 4.69) is 10.1 Å². The monoisotopic (exact) mass is 393 g/mol. The molecule has 152 valence electrons. The highest BCUT2D eigenvalue weighted by atomic mass is 19.1. The number of carbonyl (C=O) groups excluding carboxylic acids is 1. The molecule has 1 atom stereocenters. The number of para-hydroxylation sites is 1. The fourth-order valence-electron chi connectivity index (χ4n) is 2.08. The number of hydrogen-bond donors (Lipinski definition) is 2. The van der Waals surface area contributed by atoms with Crippen molar-refractivity contribution in [2.24, 2.45) is 0 Å². The summed E-state index contributed by atoms with van der Waals surface area (Å²) in [4.78, 5) is 9.59. The first-order valence-corrected chi connectivity index (χ1v) is 8.75. The zero-order chi connectivity index (χ0) is 20.5. The molecule has 1 aliphatic rings. The van der Waals surface area contributed by atoms with Crippen LogP contribution in [0.3, 0.4) is 0 Å². The van der Waals surface area contributed by atoms with Crippen LogP contribution in [-0.2, 0) is 9.53 Å². The molecule has 2 bridgehead atoms. The highest BCUT2D eigenvalue weighted by molar-refractivity contribution is 5.69. The number of aliphatic hydroxyl groups is 1. The van der Waals surface area contributed by atoms with Gasteiger partial charge >= 0.3 is 5.97 Å². The van der Waals surface area contributed by atoms with Gasteiger partial charge in [-0.05, 0) is 31.2 Å². The first-order valence-electron chi connectivity index (χ1n) is 8.75. The number of hydrogen-bond acceptors (Lipinski definition) is 7. The van der Waals surface area contributed by atoms with Gasteiger partial charge in [-0.2, -0.15) is 0 Å². The van der Waals surface area contributed by atoms with E-state index in [4.69, 9.17) is 19.0 Å². The minimum Gasteiger partial charge on any atom is -0.488 e. The van der Waals surface area contributed by atoms with Gasteiger partial charge in [0, 0.05) is 26.1 Å². The Balaban J connectivity index is 0.000000179. The van der Waals surface area contributed by atoms with Crippen molar-refractivity contribution in [2.75, 3.05) is 26.8 Å². The number of methoxy groups -OCH3 is 1. The molecule has 0 fully saturated rings. The average molecular weight is 393 g/mol. The molecule has 1 aliphatic heterocycles. The van der Waals surface area contributed by atoms with Crippen LogP contribution < -0.4 is 14.8 Å². The number of fused-ring (bicyclic) bond motifs is 3. The minimum atomic E-state index is -0.317. The number of furan rings is 2. The Labute approximate surface area is 162 Å². The van der Waals surface area contributed by atoms with E-state index in [0.717, 1.165) is 16.9 Å². The fourth-order valence-corrected chi connectivity index (χ4v) is 2.08. The molecule has 2 N–H and O–H groups in total. The Bertz CT molecular complexity index is 863. The third kappa shape index (κ3) is 7.05. The number of carbonyl (C=O) groups is 1. The maximum absolute atomic E-state index is 12.2. The molecule has 4 rings (SSSR count). The fraction of sp³-hybridized carbons (Fsp3) is 0.350. The topological polar surface area (TPSA) is 93.5 Å². The molecule has 28 heavy (non-hydrogen) atoms. The van der Waals surface area contributed by atoms with Gasteiger partial charge in [-0.15, -0.1) is 0 Å². The number of halogens is 1. The maximum Gasteiger partial charge on any atom is 0.302 e. The molecular formula is C20H24FNO6. The Hall–Kier alpha value is -2.84. The van der Waals surface area contributed by atoms with Gasteiger partial charge in [-0.25, -0.2) is 4.39 Å². The van der Waals surface area contributed by atoms with Gasteiger partial charge in [0.2, 0.25) is 5.75 Å². The van der Waals surface area contributed by atoms with Gasteiger partial charge in [-0.3, -0.25) is 4.79 Å². The molecule has 1 aromatic carbocycles. The van der Waals surface area contributed by atoms with Crippen LogP contribution in [0.4, 0.5) is 4.39 Å². The molecule has 0 aliphatic carbocycles. The molecule has 0 saturated carbocycles. The van der Waals surface area contributed by atoms with Crippen molar-refractivity contribution in [1.82, 2.24) is 5.32 Å². The van der Waals surface area contributed by atoms with Crippen LogP contribution in [-0.4, -0.2) is 44.0 Å². The predicted molar refractivity (Wildman–Crippen MR) is 102 cm³/mol. The number of rotatable bonds is 6. The van der Waals surface area contributed by atoms with Crippen LogP contribution in [0.15, 0.2) is 40.8 Å². The van der Waals surface area contributed by atoms with Crippen LogP contribution >= 0.6 is 0 Å². The van der Waals surface area contributed by atoms with E-state index in [9.17, 15) is 9.18 Å². The first kappa shape index (κ1) is 21.5. The van der Waals surface area contributed by atoms with Crippen LogP contribution in [0.5, 0.6) is 17.2 Å². The van der Waals surface area contributed by atoms with Gasteiger partial charge in [0.1, 0.15) is 12.2 Å². The number of benzene rings is 2. The summed E-state index contributed by atoms with van der Waals surface area (Å²) in [5.41, 5.74) is 1.64. The molecule has 0 spiro atoms. The Morgan fingerprint density at radius 3 is 2.57 bits per heavy atom. The van der Waals surface area contributed by atoms with E-state index in [1.54, 1.807) is 19.1 Å². The van der Waals surface area contributed by atoms with Crippen molar-refractivity contribution in [3.63, 3.8) is 0 Å². The summed E-state index contributed by atoms with van der Waals surface area (Å²) in [6.07, 6.45) is -0.317. The molecule has 3 heterocycles. The van der Waals surface area contributed by atoms with Crippen molar-refractivity contribution in [1.29, 1.82) is 0 Å². The zero-order valence-corrected chi connectivity index (χ0v) is 16.0. The lowest BCUT2D eigenvalue weighted by Gasteiger charge is -2.07. The lowest BCUT2D eigenvalue weighted by Crippen LogP contribution is -2.28. The Morgan fingerprint density at radius 1 is 1.32 bits per heavy atom. The summed E-state index contributed by atoms with van der Waals surface area (Å²) in [7, 11) is 1.35. The summed E-state index contributed by atoms with van der Waals surface area (Å²) in [5.74, 6) is 1.37. The first-order chi connectivity index (χ1) is 13.4. The van der Waals surface area contributed by atoms with Crippen LogP contribution in [0.2, 0.25) is 0 Å². The Kier molecular flexibility index (Phi) is 8.03. The predicted octanol–water partition coefficient (Wildman–Crippen LogP) is 3.33. The van der Waals surface area contributed by atoms with E-state index < -0.39 is 0 Å². The number of aliphatic hydroxyl groups excluding tert-OH is 1. The number of ether oxygens (including phenoxy) is 3. The van der Waals surface area contributed by atoms with E-state index in [0.29, 0.717) is 31.2 Å². The summed E-state index contributed by atoms with van der Waals surface area (Å²) >= 11 is 0. The van der Waals surface area contributed by atoms with Gasteiger partial charge in [-0.1, -0.05) is 6.07 Å². The largest absolute Gasteiger partial charge is 0.488 e. The van der Waals surface area contributed by atoms with Crippen molar-refractivity contribution in [3.8, 4) is 17.2 Å². The smallest absolute Gasteiger partial charge is 0.302 e. The van der Waals surface area contributed by atoms with Gasteiger partial charge < -0.3 is 29.1 Å². The van der Waals surface area contributed by atoms with Crippen molar-refractivity contribution >= 4 is 17.1 Å². The molecule has 7 nitrogen and oxygen atoms in total. The molecular weight excluding hydrogens is 369 g/mol. The molecule has 1 unspecified atom stereocenters. The molecule has 8 heteroatoms. The molecule has 2 aromatic heterocycles. The summed E-state index contributed by atoms with van der Waals surface area (Å²) < 4.78 is 31.9. The molecule has 0 saturated heterocycles. The van der Waals surface area contributed by atoms with E-state index in [1.807, 2.05) is 18.2 Å². The minimum absolute atomic E-state index is 0.245. The van der Waals surface area contributed by atoms with Gasteiger partial charge in [0.05, 0.1) is 13.2 Å². The third-order valence-corrected chi connectivity index (χ3v) is 3.51. The average Bonchev–Trinajstić information content (AvgIpc) is 3.18. The van der Waals surface area contributed by atoms with E-state index >= 15 is 0 Å². The van der Waals surface area contributed by atoms with Crippen LogP contribution in [0.25, 0.3) is 11.2 Å². The molecule has 3 aromatic rings. The number of nitrogens with one attached hydrogen (secondary N) is 1. The standard InChI is InChI=1S/C11H15NO3.C6H3FO.C3H6O2/c1-8(13)7-12-4-5-14-11-6-9-2-3-10(11)15-9;7-4-2-1-3-5-6(4)8-5;1-3(4)5-2/h2-3,6,8,12-13H,4-5,7H2,1H3;1-3H;1-2H3. The Morgan fingerprint density at radius 2 is 2.07 bits per heavy atom. The summed E-state index contributed by atoms with van der Waals surface area (Å²) in [6.45, 7) is 4.99. The second-order valence-electron chi connectivity index (χ2n) is 5.98. The van der Waals surface area contributed by atoms with Gasteiger partial charge in [0.15, 0.2) is 22.9 Å². The van der Waals surface area contributed by atoms with Crippen molar-refractivity contribution in [3.05, 3.63) is 42.2 Å². The van der Waals surface area contributed by atoms with E-state index in [-0.39, 0.29) is 17.9 Å². The lowest BCUT2D eigenvalue weighted by atomic mass is 10.3. The highest BCUT2D eigenvalue weighted by Crippen LogP contribution is 2.46. The van der Waals surface area contributed by atoms with Crippen LogP contribution in [0, 0.1) is 5.82 Å². The van der Waals surface area contributed by atoms with Gasteiger partial charge in [0.25, 0.3) is 0 Å². The number of esters is 1. The second-order valence-corrected chi connectivity index (χ2v) is 5.98. The van der Waals surface area contributed by atoms with Crippen molar-refractivity contribution < 1.29 is 32.9 Å². The summed E-state index contributed by atoms with van der Waals surface area (Å²) in [5, 5.41) is 12.1. The van der Waals surface area contributed by atoms with Crippen LogP contribution in [0.1, 0.15) is 13.8 Å². The SMILES string of the molecule is CC(O)CNCCOc1cc2ccc1o2.COC(C)=O.Fc1cccc2c1O2. The maximum atomic E-state index is 12.2. The normalized spacial score (nSPS) is 11.9. The third-order valence-electron chi connectivity index (χ3n) is 3.51.